The quantitative estimate of drug-likeness (QED) is 0.698. The van der Waals surface area contributed by atoms with Crippen LogP contribution < -0.4 is 4.72 Å². The SMILES string of the molecule is CCN(Cc1ccc2[nH]ccc2c1)C(=O)c1ccccc1NS(C)(=O)=O. The zero-order valence-electron chi connectivity index (χ0n) is 14.7. The number of rotatable bonds is 6. The van der Waals surface area contributed by atoms with Crippen LogP contribution in [0.25, 0.3) is 10.9 Å². The number of aromatic amines is 1. The summed E-state index contributed by atoms with van der Waals surface area (Å²) in [5.74, 6) is -0.214. The van der Waals surface area contributed by atoms with Gasteiger partial charge in [-0.25, -0.2) is 8.42 Å². The maximum absolute atomic E-state index is 13.0. The molecule has 0 aliphatic carbocycles. The lowest BCUT2D eigenvalue weighted by Gasteiger charge is -2.22. The van der Waals surface area contributed by atoms with E-state index in [-0.39, 0.29) is 5.91 Å². The number of nitrogens with zero attached hydrogens (tertiary/aromatic N) is 1. The normalized spacial score (nSPS) is 11.5. The molecule has 3 aromatic rings. The van der Waals surface area contributed by atoms with E-state index >= 15 is 0 Å². The lowest BCUT2D eigenvalue weighted by atomic mass is 10.1. The Morgan fingerprint density at radius 3 is 2.65 bits per heavy atom. The van der Waals surface area contributed by atoms with E-state index in [1.807, 2.05) is 37.4 Å². The highest BCUT2D eigenvalue weighted by atomic mass is 32.2. The van der Waals surface area contributed by atoms with Gasteiger partial charge in [0.1, 0.15) is 0 Å². The van der Waals surface area contributed by atoms with Gasteiger partial charge in [-0.1, -0.05) is 18.2 Å². The number of benzene rings is 2. The minimum absolute atomic E-state index is 0.214. The Kier molecular flexibility index (Phi) is 4.99. The van der Waals surface area contributed by atoms with Crippen LogP contribution in [0.15, 0.2) is 54.7 Å². The lowest BCUT2D eigenvalue weighted by molar-refractivity contribution is 0.0753. The summed E-state index contributed by atoms with van der Waals surface area (Å²) in [7, 11) is -3.47. The van der Waals surface area contributed by atoms with Crippen molar-refractivity contribution in [2.45, 2.75) is 13.5 Å². The molecule has 1 amide bonds. The third kappa shape index (κ3) is 4.05. The predicted molar refractivity (Wildman–Crippen MR) is 104 cm³/mol. The van der Waals surface area contributed by atoms with Gasteiger partial charge in [0.2, 0.25) is 10.0 Å². The monoisotopic (exact) mass is 371 g/mol. The van der Waals surface area contributed by atoms with Crippen molar-refractivity contribution in [3.05, 3.63) is 65.9 Å². The first kappa shape index (κ1) is 18.0. The maximum atomic E-state index is 13.0. The molecule has 1 aromatic heterocycles. The standard InChI is InChI=1S/C19H21N3O3S/c1-3-22(13-14-8-9-17-15(12-14)10-11-20-17)19(23)16-6-4-5-7-18(16)21-26(2,24)25/h4-12,20-21H,3,13H2,1-2H3. The zero-order valence-corrected chi connectivity index (χ0v) is 15.5. The molecule has 6 nitrogen and oxygen atoms in total. The van der Waals surface area contributed by atoms with Crippen LogP contribution in [0.2, 0.25) is 0 Å². The number of para-hydroxylation sites is 1. The number of hydrogen-bond donors (Lipinski definition) is 2. The topological polar surface area (TPSA) is 82.3 Å². The van der Waals surface area contributed by atoms with Gasteiger partial charge in [0, 0.05) is 24.8 Å². The molecule has 2 aromatic carbocycles. The summed E-state index contributed by atoms with van der Waals surface area (Å²) in [5, 5.41) is 1.09. The average molecular weight is 371 g/mol. The molecule has 0 saturated heterocycles. The van der Waals surface area contributed by atoms with Crippen molar-refractivity contribution >= 4 is 32.5 Å². The zero-order chi connectivity index (χ0) is 18.7. The van der Waals surface area contributed by atoms with Crippen molar-refractivity contribution in [2.24, 2.45) is 0 Å². The lowest BCUT2D eigenvalue weighted by Crippen LogP contribution is -2.31. The highest BCUT2D eigenvalue weighted by Crippen LogP contribution is 2.21. The van der Waals surface area contributed by atoms with Crippen LogP contribution in [0.5, 0.6) is 0 Å². The van der Waals surface area contributed by atoms with Crippen LogP contribution in [-0.4, -0.2) is 37.0 Å². The van der Waals surface area contributed by atoms with Crippen LogP contribution in [0.4, 0.5) is 5.69 Å². The molecule has 0 aliphatic rings. The first-order valence-corrected chi connectivity index (χ1v) is 10.2. The third-order valence-electron chi connectivity index (χ3n) is 4.11. The Labute approximate surface area is 152 Å². The minimum Gasteiger partial charge on any atom is -0.361 e. The molecule has 0 saturated carbocycles. The molecule has 0 aliphatic heterocycles. The van der Waals surface area contributed by atoms with Crippen LogP contribution in [0, 0.1) is 0 Å². The molecule has 26 heavy (non-hydrogen) atoms. The van der Waals surface area contributed by atoms with Gasteiger partial charge in [-0.2, -0.15) is 0 Å². The number of carbonyl (C=O) groups is 1. The Balaban J connectivity index is 1.87. The fraction of sp³-hybridized carbons (Fsp3) is 0.211. The Bertz CT molecular complexity index is 1040. The van der Waals surface area contributed by atoms with Crippen molar-refractivity contribution in [3.8, 4) is 0 Å². The molecule has 3 rings (SSSR count). The smallest absolute Gasteiger partial charge is 0.256 e. The second kappa shape index (κ2) is 7.21. The van der Waals surface area contributed by atoms with Crippen molar-refractivity contribution in [3.63, 3.8) is 0 Å². The molecular weight excluding hydrogens is 350 g/mol. The summed E-state index contributed by atoms with van der Waals surface area (Å²) in [5.41, 5.74) is 2.69. The third-order valence-corrected chi connectivity index (χ3v) is 4.70. The van der Waals surface area contributed by atoms with Gasteiger partial charge in [0.05, 0.1) is 17.5 Å². The molecule has 0 unspecified atom stereocenters. The molecule has 136 valence electrons. The van der Waals surface area contributed by atoms with E-state index in [1.165, 1.54) is 0 Å². The number of sulfonamides is 1. The predicted octanol–water partition coefficient (Wildman–Crippen LogP) is 3.20. The van der Waals surface area contributed by atoms with Gasteiger partial charge in [-0.05, 0) is 48.2 Å². The van der Waals surface area contributed by atoms with Crippen molar-refractivity contribution in [1.82, 2.24) is 9.88 Å². The highest BCUT2D eigenvalue weighted by molar-refractivity contribution is 7.92. The van der Waals surface area contributed by atoms with E-state index in [1.54, 1.807) is 29.2 Å². The molecule has 0 bridgehead atoms. The van der Waals surface area contributed by atoms with Gasteiger partial charge >= 0.3 is 0 Å². The van der Waals surface area contributed by atoms with Gasteiger partial charge in [0.15, 0.2) is 0 Å². The minimum atomic E-state index is -3.47. The van der Waals surface area contributed by atoms with E-state index < -0.39 is 10.0 Å². The maximum Gasteiger partial charge on any atom is 0.256 e. The van der Waals surface area contributed by atoms with E-state index in [0.29, 0.717) is 24.3 Å². The Hall–Kier alpha value is -2.80. The number of fused-ring (bicyclic) bond motifs is 1. The molecular formula is C19H21N3O3S. The molecule has 0 radical (unpaired) electrons. The fourth-order valence-electron chi connectivity index (χ4n) is 2.88. The number of carbonyl (C=O) groups excluding carboxylic acids is 1. The Morgan fingerprint density at radius 2 is 1.92 bits per heavy atom. The number of anilines is 1. The van der Waals surface area contributed by atoms with Crippen LogP contribution >= 0.6 is 0 Å². The first-order chi connectivity index (χ1) is 12.4. The molecule has 2 N–H and O–H groups in total. The van der Waals surface area contributed by atoms with Gasteiger partial charge in [0.25, 0.3) is 5.91 Å². The molecule has 0 fully saturated rings. The first-order valence-electron chi connectivity index (χ1n) is 8.29. The Morgan fingerprint density at radius 1 is 1.15 bits per heavy atom. The van der Waals surface area contributed by atoms with Gasteiger partial charge < -0.3 is 9.88 Å². The van der Waals surface area contributed by atoms with Crippen LogP contribution in [0.3, 0.4) is 0 Å². The second-order valence-electron chi connectivity index (χ2n) is 6.14. The van der Waals surface area contributed by atoms with Crippen molar-refractivity contribution in [2.75, 3.05) is 17.5 Å². The average Bonchev–Trinajstić information content (AvgIpc) is 3.06. The fourth-order valence-corrected chi connectivity index (χ4v) is 3.45. The largest absolute Gasteiger partial charge is 0.361 e. The molecule has 1 heterocycles. The van der Waals surface area contributed by atoms with Crippen LogP contribution in [0.1, 0.15) is 22.8 Å². The molecule has 7 heteroatoms. The van der Waals surface area contributed by atoms with Crippen LogP contribution in [-0.2, 0) is 16.6 Å². The molecule has 0 atom stereocenters. The van der Waals surface area contributed by atoms with E-state index in [2.05, 4.69) is 9.71 Å². The van der Waals surface area contributed by atoms with E-state index in [0.717, 1.165) is 22.7 Å². The van der Waals surface area contributed by atoms with Crippen molar-refractivity contribution < 1.29 is 13.2 Å². The summed E-state index contributed by atoms with van der Waals surface area (Å²) >= 11 is 0. The number of hydrogen-bond acceptors (Lipinski definition) is 3. The van der Waals surface area contributed by atoms with E-state index in [9.17, 15) is 13.2 Å². The summed E-state index contributed by atoms with van der Waals surface area (Å²) < 4.78 is 25.5. The number of H-pyrrole nitrogens is 1. The van der Waals surface area contributed by atoms with E-state index in [4.69, 9.17) is 0 Å². The molecule has 0 spiro atoms. The number of amides is 1. The number of aromatic nitrogens is 1. The second-order valence-corrected chi connectivity index (χ2v) is 7.89. The van der Waals surface area contributed by atoms with Gasteiger partial charge in [-0.15, -0.1) is 0 Å². The summed E-state index contributed by atoms with van der Waals surface area (Å²) in [6.07, 6.45) is 2.95. The highest BCUT2D eigenvalue weighted by Gasteiger charge is 2.19. The number of nitrogens with one attached hydrogen (secondary N) is 2. The van der Waals surface area contributed by atoms with Crippen molar-refractivity contribution in [1.29, 1.82) is 0 Å². The summed E-state index contributed by atoms with van der Waals surface area (Å²) in [4.78, 5) is 17.8. The summed E-state index contributed by atoms with van der Waals surface area (Å²) in [6, 6.07) is 14.6. The van der Waals surface area contributed by atoms with Gasteiger partial charge in [-0.3, -0.25) is 9.52 Å². The summed E-state index contributed by atoms with van der Waals surface area (Å²) in [6.45, 7) is 2.86.